The van der Waals surface area contributed by atoms with E-state index in [0.29, 0.717) is 18.4 Å². The molecule has 0 unspecified atom stereocenters. The van der Waals surface area contributed by atoms with Gasteiger partial charge in [0, 0.05) is 51.7 Å². The Hall–Kier alpha value is -2.08. The minimum atomic E-state index is 0.320. The van der Waals surface area contributed by atoms with Crippen LogP contribution in [0.15, 0.2) is 29.3 Å². The number of carbonyl (C=O) groups is 1. The number of benzene rings is 1. The number of amides is 1. The van der Waals surface area contributed by atoms with Crippen LogP contribution in [0.2, 0.25) is 0 Å². The topological polar surface area (TPSA) is 60.0 Å². The number of nitrogens with one attached hydrogen (secondary N) is 2. The molecule has 0 radical (unpaired) electrons. The summed E-state index contributed by atoms with van der Waals surface area (Å²) in [4.78, 5) is 21.6. The third kappa shape index (κ3) is 5.71. The molecule has 1 heterocycles. The van der Waals surface area contributed by atoms with Gasteiger partial charge in [0.25, 0.3) is 0 Å². The van der Waals surface area contributed by atoms with E-state index in [1.54, 1.807) is 0 Å². The van der Waals surface area contributed by atoms with Crippen molar-refractivity contribution < 1.29 is 4.79 Å². The number of nitrogens with zero attached hydrogens (tertiary/aromatic N) is 3. The second-order valence-corrected chi connectivity index (χ2v) is 7.84. The largest absolute Gasteiger partial charge is 0.357 e. The SMILES string of the molecule is CCNC(=NCc1ccccc1C)NCCN1CCN(C(=O)C2CCC2)CC1. The second kappa shape index (κ2) is 10.5. The first-order valence-corrected chi connectivity index (χ1v) is 10.7. The molecule has 1 aromatic rings. The number of rotatable bonds is 7. The number of hydrogen-bond donors (Lipinski definition) is 2. The van der Waals surface area contributed by atoms with E-state index in [1.807, 2.05) is 0 Å². The molecule has 0 aromatic heterocycles. The lowest BCUT2D eigenvalue weighted by atomic mass is 9.84. The molecule has 28 heavy (non-hydrogen) atoms. The first-order valence-electron chi connectivity index (χ1n) is 10.7. The molecule has 0 atom stereocenters. The highest BCUT2D eigenvalue weighted by atomic mass is 16.2. The molecule has 154 valence electrons. The highest BCUT2D eigenvalue weighted by Crippen LogP contribution is 2.28. The molecule has 1 aliphatic carbocycles. The predicted octanol–water partition coefficient (Wildman–Crippen LogP) is 1.99. The van der Waals surface area contributed by atoms with Crippen LogP contribution in [-0.4, -0.2) is 67.5 Å². The number of aryl methyl sites for hydroxylation is 1. The molecule has 1 aromatic carbocycles. The molecule has 0 spiro atoms. The Morgan fingerprint density at radius 1 is 1.14 bits per heavy atom. The van der Waals surface area contributed by atoms with Crippen molar-refractivity contribution in [1.29, 1.82) is 0 Å². The minimum absolute atomic E-state index is 0.320. The Morgan fingerprint density at radius 2 is 1.89 bits per heavy atom. The Bertz CT molecular complexity index is 663. The molecule has 6 heteroatoms. The van der Waals surface area contributed by atoms with Crippen LogP contribution in [0.5, 0.6) is 0 Å². The van der Waals surface area contributed by atoms with Crippen molar-refractivity contribution in [3.63, 3.8) is 0 Å². The normalized spacial score (nSPS) is 18.6. The van der Waals surface area contributed by atoms with Crippen molar-refractivity contribution in [1.82, 2.24) is 20.4 Å². The maximum atomic E-state index is 12.3. The fraction of sp³-hybridized carbons (Fsp3) is 0.636. The lowest BCUT2D eigenvalue weighted by Gasteiger charge is -2.38. The molecule has 2 aliphatic rings. The van der Waals surface area contributed by atoms with Crippen molar-refractivity contribution in [2.45, 2.75) is 39.7 Å². The lowest BCUT2D eigenvalue weighted by Crippen LogP contribution is -2.52. The van der Waals surface area contributed by atoms with Crippen molar-refractivity contribution >= 4 is 11.9 Å². The molecule has 1 saturated heterocycles. The zero-order chi connectivity index (χ0) is 19.8. The Kier molecular flexibility index (Phi) is 7.71. The predicted molar refractivity (Wildman–Crippen MR) is 114 cm³/mol. The highest BCUT2D eigenvalue weighted by molar-refractivity contribution is 5.80. The van der Waals surface area contributed by atoms with Gasteiger partial charge in [0.1, 0.15) is 0 Å². The molecule has 2 N–H and O–H groups in total. The molecular formula is C22H35N5O. The van der Waals surface area contributed by atoms with Crippen LogP contribution in [0.25, 0.3) is 0 Å². The van der Waals surface area contributed by atoms with Crippen LogP contribution in [0.4, 0.5) is 0 Å². The fourth-order valence-electron chi connectivity index (χ4n) is 3.73. The summed E-state index contributed by atoms with van der Waals surface area (Å²) in [5.41, 5.74) is 2.53. The maximum Gasteiger partial charge on any atom is 0.225 e. The van der Waals surface area contributed by atoms with E-state index in [-0.39, 0.29) is 0 Å². The quantitative estimate of drug-likeness (QED) is 0.557. The third-order valence-corrected chi connectivity index (χ3v) is 5.87. The van der Waals surface area contributed by atoms with Gasteiger partial charge < -0.3 is 15.5 Å². The highest BCUT2D eigenvalue weighted by Gasteiger charge is 2.30. The van der Waals surface area contributed by atoms with E-state index in [1.165, 1.54) is 17.5 Å². The summed E-state index contributed by atoms with van der Waals surface area (Å²) in [5, 5.41) is 6.77. The summed E-state index contributed by atoms with van der Waals surface area (Å²) < 4.78 is 0. The smallest absolute Gasteiger partial charge is 0.225 e. The Labute approximate surface area is 169 Å². The summed E-state index contributed by atoms with van der Waals surface area (Å²) >= 11 is 0. The van der Waals surface area contributed by atoms with Crippen LogP contribution >= 0.6 is 0 Å². The van der Waals surface area contributed by atoms with Crippen LogP contribution in [0, 0.1) is 12.8 Å². The number of aliphatic imine (C=N–C) groups is 1. The van der Waals surface area contributed by atoms with Gasteiger partial charge >= 0.3 is 0 Å². The zero-order valence-corrected chi connectivity index (χ0v) is 17.4. The standard InChI is InChI=1S/C22H35N5O/c1-3-23-22(25-17-20-8-5-4-7-18(20)2)24-11-12-26-13-15-27(16-14-26)21(28)19-9-6-10-19/h4-5,7-8,19H,3,6,9-17H2,1-2H3,(H2,23,24,25). The Balaban J connectivity index is 1.39. The summed E-state index contributed by atoms with van der Waals surface area (Å²) in [6, 6.07) is 8.38. The first kappa shape index (κ1) is 20.6. The van der Waals surface area contributed by atoms with Gasteiger partial charge in [-0.1, -0.05) is 30.7 Å². The summed E-state index contributed by atoms with van der Waals surface area (Å²) in [6.07, 6.45) is 3.41. The molecule has 1 aliphatic heterocycles. The monoisotopic (exact) mass is 385 g/mol. The molecule has 6 nitrogen and oxygen atoms in total. The summed E-state index contributed by atoms with van der Waals surface area (Å²) in [6.45, 7) is 11.3. The van der Waals surface area contributed by atoms with E-state index < -0.39 is 0 Å². The van der Waals surface area contributed by atoms with Crippen LogP contribution in [-0.2, 0) is 11.3 Å². The van der Waals surface area contributed by atoms with E-state index in [4.69, 9.17) is 4.99 Å². The lowest BCUT2D eigenvalue weighted by molar-refractivity contribution is -0.139. The van der Waals surface area contributed by atoms with Gasteiger partial charge in [0.2, 0.25) is 5.91 Å². The number of hydrogen-bond acceptors (Lipinski definition) is 3. The van der Waals surface area contributed by atoms with E-state index in [9.17, 15) is 4.79 Å². The molecule has 3 rings (SSSR count). The third-order valence-electron chi connectivity index (χ3n) is 5.87. The van der Waals surface area contributed by atoms with Gasteiger partial charge in [-0.25, -0.2) is 4.99 Å². The van der Waals surface area contributed by atoms with Crippen molar-refractivity contribution in [3.8, 4) is 0 Å². The Morgan fingerprint density at radius 3 is 2.54 bits per heavy atom. The van der Waals surface area contributed by atoms with Crippen molar-refractivity contribution in [3.05, 3.63) is 35.4 Å². The number of piperazine rings is 1. The van der Waals surface area contributed by atoms with E-state index in [0.717, 1.165) is 64.6 Å². The minimum Gasteiger partial charge on any atom is -0.357 e. The van der Waals surface area contributed by atoms with Gasteiger partial charge in [-0.3, -0.25) is 9.69 Å². The molecule has 0 bridgehead atoms. The molecule has 1 amide bonds. The number of guanidine groups is 1. The van der Waals surface area contributed by atoms with Crippen LogP contribution in [0.3, 0.4) is 0 Å². The van der Waals surface area contributed by atoms with Crippen LogP contribution < -0.4 is 10.6 Å². The summed E-state index contributed by atoms with van der Waals surface area (Å²) in [5.74, 6) is 1.58. The van der Waals surface area contributed by atoms with E-state index in [2.05, 4.69) is 58.5 Å². The fourth-order valence-corrected chi connectivity index (χ4v) is 3.73. The summed E-state index contributed by atoms with van der Waals surface area (Å²) in [7, 11) is 0. The molecule has 2 fully saturated rings. The number of carbonyl (C=O) groups excluding carboxylic acids is 1. The average Bonchev–Trinajstić information content (AvgIpc) is 2.66. The van der Waals surface area contributed by atoms with Crippen molar-refractivity contribution in [2.75, 3.05) is 45.8 Å². The van der Waals surface area contributed by atoms with Gasteiger partial charge in [0.05, 0.1) is 6.54 Å². The first-order chi connectivity index (χ1) is 13.7. The second-order valence-electron chi connectivity index (χ2n) is 7.84. The van der Waals surface area contributed by atoms with Gasteiger partial charge in [-0.2, -0.15) is 0 Å². The van der Waals surface area contributed by atoms with Gasteiger partial charge in [-0.15, -0.1) is 0 Å². The molecular weight excluding hydrogens is 350 g/mol. The van der Waals surface area contributed by atoms with Gasteiger partial charge in [-0.05, 0) is 37.8 Å². The van der Waals surface area contributed by atoms with Crippen molar-refractivity contribution in [2.24, 2.45) is 10.9 Å². The zero-order valence-electron chi connectivity index (χ0n) is 17.4. The average molecular weight is 386 g/mol. The maximum absolute atomic E-state index is 12.3. The van der Waals surface area contributed by atoms with Gasteiger partial charge in [0.15, 0.2) is 5.96 Å². The van der Waals surface area contributed by atoms with Crippen LogP contribution in [0.1, 0.15) is 37.3 Å². The van der Waals surface area contributed by atoms with E-state index >= 15 is 0 Å². The molecule has 1 saturated carbocycles.